The van der Waals surface area contributed by atoms with Crippen LogP contribution in [0.5, 0.6) is 0 Å². The highest BCUT2D eigenvalue weighted by molar-refractivity contribution is 7.18. The number of hydrogen-bond acceptors (Lipinski definition) is 3. The average molecular weight is 462 g/mol. The summed E-state index contributed by atoms with van der Waals surface area (Å²) in [6, 6.07) is 10.2. The third kappa shape index (κ3) is 3.67. The maximum absolute atomic E-state index is 11.4. The Morgan fingerprint density at radius 3 is 2.27 bits per heavy atom. The van der Waals surface area contributed by atoms with Crippen LogP contribution in [0.2, 0.25) is 0 Å². The van der Waals surface area contributed by atoms with Gasteiger partial charge in [-0.3, -0.25) is 0 Å². The smallest absolute Gasteiger partial charge is 0.335 e. The first-order valence-electron chi connectivity index (χ1n) is 11.9. The lowest BCUT2D eigenvalue weighted by molar-refractivity contribution is -0.665. The highest BCUT2D eigenvalue weighted by Crippen LogP contribution is 2.49. The molecule has 2 aliphatic heterocycles. The highest BCUT2D eigenvalue weighted by Gasteiger charge is 2.39. The molecule has 2 aliphatic rings. The van der Waals surface area contributed by atoms with Gasteiger partial charge in [0.05, 0.1) is 5.56 Å². The molecule has 0 aliphatic carbocycles. The molecule has 5 heteroatoms. The van der Waals surface area contributed by atoms with Crippen molar-refractivity contribution in [3.63, 3.8) is 0 Å². The molecule has 1 N–H and O–H groups in total. The Balaban J connectivity index is 1.61. The van der Waals surface area contributed by atoms with Gasteiger partial charge in [0, 0.05) is 30.9 Å². The molecule has 0 fully saturated rings. The van der Waals surface area contributed by atoms with Crippen molar-refractivity contribution in [2.24, 2.45) is 0 Å². The van der Waals surface area contributed by atoms with Crippen LogP contribution in [0, 0.1) is 0 Å². The molecule has 1 aromatic heterocycles. The van der Waals surface area contributed by atoms with Gasteiger partial charge in [-0.1, -0.05) is 39.0 Å². The summed E-state index contributed by atoms with van der Waals surface area (Å²) >= 11 is 1.65. The minimum atomic E-state index is -0.882. The van der Waals surface area contributed by atoms with Crippen LogP contribution in [0.15, 0.2) is 30.3 Å². The zero-order valence-electron chi connectivity index (χ0n) is 20.2. The van der Waals surface area contributed by atoms with Crippen LogP contribution in [0.3, 0.4) is 0 Å². The Bertz CT molecular complexity index is 1260. The highest BCUT2D eigenvalue weighted by atomic mass is 32.1. The second-order valence-corrected chi connectivity index (χ2v) is 11.8. The number of aryl methyl sites for hydroxylation is 1. The first kappa shape index (κ1) is 22.1. The van der Waals surface area contributed by atoms with Gasteiger partial charge in [-0.05, 0) is 77.6 Å². The molecule has 0 atom stereocenters. The number of aromatic carboxylic acids is 1. The fraction of sp³-hybridized carbons (Fsp3) is 0.429. The first-order valence-corrected chi connectivity index (χ1v) is 12.7. The largest absolute Gasteiger partial charge is 0.478 e. The number of carboxylic acids is 1. The number of carboxylic acid groups (broad SMARTS) is 1. The molecule has 5 rings (SSSR count). The first-order chi connectivity index (χ1) is 15.6. The summed E-state index contributed by atoms with van der Waals surface area (Å²) in [6.07, 6.45) is 6.81. The van der Waals surface area contributed by atoms with Gasteiger partial charge in [0.25, 0.3) is 5.01 Å². The number of fused-ring (bicyclic) bond motifs is 1. The third-order valence-corrected chi connectivity index (χ3v) is 8.75. The summed E-state index contributed by atoms with van der Waals surface area (Å²) in [5.41, 5.74) is 7.45. The lowest BCUT2D eigenvalue weighted by Crippen LogP contribution is -2.44. The Hall–Kier alpha value is -2.66. The number of rotatable bonds is 4. The van der Waals surface area contributed by atoms with E-state index < -0.39 is 5.97 Å². The van der Waals surface area contributed by atoms with E-state index >= 15 is 0 Å². The van der Waals surface area contributed by atoms with Crippen LogP contribution in [0.1, 0.15) is 79.5 Å². The molecule has 3 heterocycles. The molecule has 0 saturated carbocycles. The quantitative estimate of drug-likeness (QED) is 0.467. The van der Waals surface area contributed by atoms with Crippen LogP contribution in [-0.4, -0.2) is 24.2 Å². The van der Waals surface area contributed by atoms with Crippen LogP contribution in [0.4, 0.5) is 5.69 Å². The Labute approximate surface area is 200 Å². The molecule has 0 unspecified atom stereocenters. The Kier molecular flexibility index (Phi) is 5.16. The van der Waals surface area contributed by atoms with Crippen molar-refractivity contribution in [3.05, 3.63) is 57.6 Å². The summed E-state index contributed by atoms with van der Waals surface area (Å²) in [5, 5.41) is 10.5. The lowest BCUT2D eigenvalue weighted by Gasteiger charge is -2.48. The van der Waals surface area contributed by atoms with Crippen molar-refractivity contribution >= 4 is 45.4 Å². The normalized spacial score (nSPS) is 18.6. The van der Waals surface area contributed by atoms with E-state index in [1.54, 1.807) is 23.5 Å². The zero-order valence-corrected chi connectivity index (χ0v) is 21.1. The molecule has 0 bridgehead atoms. The fourth-order valence-electron chi connectivity index (χ4n) is 5.42. The van der Waals surface area contributed by atoms with Gasteiger partial charge in [-0.15, -0.1) is 0 Å². The number of anilines is 1. The lowest BCUT2D eigenvalue weighted by atomic mass is 9.69. The van der Waals surface area contributed by atoms with Gasteiger partial charge >= 0.3 is 5.97 Å². The SMILES string of the molecule is CC[n+]1c(C=Cc2cc3c4c(c2)C(C)(C)CCN4CCC3(C)C)sc2cc(C(=O)O)ccc21. The van der Waals surface area contributed by atoms with Gasteiger partial charge in [0.2, 0.25) is 5.52 Å². The van der Waals surface area contributed by atoms with E-state index in [2.05, 4.69) is 68.4 Å². The van der Waals surface area contributed by atoms with Crippen LogP contribution in [-0.2, 0) is 17.4 Å². The number of benzene rings is 2. The minimum absolute atomic E-state index is 0.173. The standard InChI is InChI=1S/C28H32N2O2S/c1-6-30-22-9-8-19(26(31)32)17-23(22)33-24(30)10-7-18-15-20-25-21(16-18)28(4,5)12-14-29(25)13-11-27(20,2)3/h7-10,15-17H,6,11-14H2,1-5H3/p+1. The summed E-state index contributed by atoms with van der Waals surface area (Å²) < 4.78 is 3.27. The van der Waals surface area contributed by atoms with Crippen molar-refractivity contribution in [1.29, 1.82) is 0 Å². The minimum Gasteiger partial charge on any atom is -0.478 e. The number of aromatic nitrogens is 1. The van der Waals surface area contributed by atoms with E-state index in [-0.39, 0.29) is 10.8 Å². The van der Waals surface area contributed by atoms with Crippen molar-refractivity contribution < 1.29 is 14.5 Å². The van der Waals surface area contributed by atoms with Crippen molar-refractivity contribution in [3.8, 4) is 0 Å². The number of hydrogen-bond donors (Lipinski definition) is 1. The molecule has 33 heavy (non-hydrogen) atoms. The third-order valence-electron chi connectivity index (χ3n) is 7.63. The Morgan fingerprint density at radius 2 is 1.70 bits per heavy atom. The van der Waals surface area contributed by atoms with Gasteiger partial charge in [0.1, 0.15) is 11.2 Å². The van der Waals surface area contributed by atoms with E-state index in [0.717, 1.165) is 34.9 Å². The topological polar surface area (TPSA) is 44.4 Å². The van der Waals surface area contributed by atoms with Gasteiger partial charge in [-0.2, -0.15) is 4.57 Å². The van der Waals surface area contributed by atoms with Crippen molar-refractivity contribution in [2.75, 3.05) is 18.0 Å². The summed E-state index contributed by atoms with van der Waals surface area (Å²) in [7, 11) is 0. The van der Waals surface area contributed by atoms with E-state index in [9.17, 15) is 9.90 Å². The van der Waals surface area contributed by atoms with Crippen molar-refractivity contribution in [2.45, 2.75) is 64.8 Å². The number of nitrogens with zero attached hydrogens (tertiary/aromatic N) is 2. The predicted molar refractivity (Wildman–Crippen MR) is 138 cm³/mol. The van der Waals surface area contributed by atoms with E-state index in [0.29, 0.717) is 5.56 Å². The van der Waals surface area contributed by atoms with Gasteiger partial charge in [0.15, 0.2) is 0 Å². The molecular formula is C28H33N2O2S+. The second-order valence-electron chi connectivity index (χ2n) is 10.7. The maximum Gasteiger partial charge on any atom is 0.335 e. The monoisotopic (exact) mass is 461 g/mol. The number of carbonyl (C=O) groups is 1. The van der Waals surface area contributed by atoms with Crippen LogP contribution >= 0.6 is 11.3 Å². The zero-order chi connectivity index (χ0) is 23.5. The van der Waals surface area contributed by atoms with Gasteiger partial charge < -0.3 is 10.0 Å². The predicted octanol–water partition coefficient (Wildman–Crippen LogP) is 6.25. The van der Waals surface area contributed by atoms with Crippen molar-refractivity contribution in [1.82, 2.24) is 0 Å². The number of thiazole rings is 1. The molecule has 0 spiro atoms. The molecule has 3 aromatic rings. The summed E-state index contributed by atoms with van der Waals surface area (Å²) in [5.74, 6) is -0.882. The molecule has 2 aromatic carbocycles. The maximum atomic E-state index is 11.4. The molecular weight excluding hydrogens is 428 g/mol. The summed E-state index contributed by atoms with van der Waals surface area (Å²) in [6.45, 7) is 14.8. The second kappa shape index (κ2) is 7.69. The van der Waals surface area contributed by atoms with E-state index in [4.69, 9.17) is 0 Å². The van der Waals surface area contributed by atoms with E-state index in [1.807, 2.05) is 6.07 Å². The van der Waals surface area contributed by atoms with Crippen LogP contribution in [0.25, 0.3) is 22.4 Å². The average Bonchev–Trinajstić information content (AvgIpc) is 3.13. The van der Waals surface area contributed by atoms with Crippen LogP contribution < -0.4 is 9.47 Å². The van der Waals surface area contributed by atoms with Gasteiger partial charge in [-0.25, -0.2) is 4.79 Å². The Morgan fingerprint density at radius 1 is 1.06 bits per heavy atom. The molecule has 172 valence electrons. The molecule has 0 saturated heterocycles. The molecule has 0 amide bonds. The molecule has 4 nitrogen and oxygen atoms in total. The molecule has 0 radical (unpaired) electrons. The van der Waals surface area contributed by atoms with E-state index in [1.165, 1.54) is 35.2 Å². The fourth-order valence-corrected chi connectivity index (χ4v) is 6.58. The summed E-state index contributed by atoms with van der Waals surface area (Å²) in [4.78, 5) is 14.0.